The minimum atomic E-state index is -0.786. The lowest BCUT2D eigenvalue weighted by Crippen LogP contribution is -2.54. The van der Waals surface area contributed by atoms with Crippen LogP contribution in [0.1, 0.15) is 25.7 Å². The minimum Gasteiger partial charge on any atom is -0.259 e. The Morgan fingerprint density at radius 1 is 0.515 bits per heavy atom. The van der Waals surface area contributed by atoms with Gasteiger partial charge in [-0.1, -0.05) is 31.1 Å². The Hall–Kier alpha value is -3.96. The number of H-pyrrole nitrogens is 1. The average molecular weight is 460 g/mol. The molecule has 12 nitrogen and oxygen atoms in total. The van der Waals surface area contributed by atoms with Gasteiger partial charge in [-0.25, -0.2) is 51.6 Å². The number of hydrogen-bond acceptors (Lipinski definition) is 6. The van der Waals surface area contributed by atoms with E-state index in [1.807, 2.05) is 0 Å². The predicted molar refractivity (Wildman–Crippen MR) is 124 cm³/mol. The number of unbranched alkanes of at least 4 members (excludes halogenated alkanes) is 3. The summed E-state index contributed by atoms with van der Waals surface area (Å²) >= 11 is 0. The van der Waals surface area contributed by atoms with Gasteiger partial charge in [0, 0.05) is 13.1 Å². The molecule has 0 aromatic carbocycles. The van der Waals surface area contributed by atoms with Crippen LogP contribution in [0.5, 0.6) is 0 Å². The molecule has 0 unspecified atom stereocenters. The van der Waals surface area contributed by atoms with Crippen molar-refractivity contribution in [1.29, 1.82) is 0 Å². The van der Waals surface area contributed by atoms with Crippen molar-refractivity contribution in [2.24, 2.45) is 0 Å². The zero-order valence-corrected chi connectivity index (χ0v) is 18.4. The molecule has 0 bridgehead atoms. The van der Waals surface area contributed by atoms with Crippen molar-refractivity contribution >= 4 is 0 Å². The Labute approximate surface area is 187 Å². The molecule has 12 heteroatoms. The number of allylic oxidation sites excluding steroid dienone is 3. The van der Waals surface area contributed by atoms with Crippen molar-refractivity contribution in [3.63, 3.8) is 0 Å². The van der Waals surface area contributed by atoms with Crippen molar-refractivity contribution in [3.05, 3.63) is 101 Å². The van der Waals surface area contributed by atoms with Gasteiger partial charge in [0.25, 0.3) is 0 Å². The van der Waals surface area contributed by atoms with E-state index in [0.29, 0.717) is 25.7 Å². The molecule has 0 spiro atoms. The Morgan fingerprint density at radius 3 is 1.36 bits per heavy atom. The van der Waals surface area contributed by atoms with E-state index in [-0.39, 0.29) is 32.7 Å². The molecular formula is C21H28N6O6. The maximum absolute atomic E-state index is 12.6. The standard InChI is InChI=1S/C21H28N6O6/c1-4-11-23-16(28)22-17(29)24(18(23)30)14-9-7-8-10-15-27-20(32)25(12-5-2)19(31)26(13-6-3)21(27)33/h4-6H,1-3,7-15H2,(H,22,28,29). The van der Waals surface area contributed by atoms with Gasteiger partial charge in [0.2, 0.25) is 0 Å². The molecule has 2 aromatic rings. The molecule has 1 N–H and O–H groups in total. The summed E-state index contributed by atoms with van der Waals surface area (Å²) < 4.78 is 4.72. The third-order valence-corrected chi connectivity index (χ3v) is 5.00. The molecule has 0 atom stereocenters. The van der Waals surface area contributed by atoms with Crippen LogP contribution in [0.4, 0.5) is 0 Å². The summed E-state index contributed by atoms with van der Waals surface area (Å²) in [7, 11) is 0. The minimum absolute atomic E-state index is 0.0133. The van der Waals surface area contributed by atoms with Gasteiger partial charge in [0.1, 0.15) is 0 Å². The Morgan fingerprint density at radius 2 is 0.879 bits per heavy atom. The van der Waals surface area contributed by atoms with E-state index < -0.39 is 34.1 Å². The first kappa shape index (κ1) is 25.3. The summed E-state index contributed by atoms with van der Waals surface area (Å²) in [6, 6.07) is 0. The van der Waals surface area contributed by atoms with E-state index in [4.69, 9.17) is 0 Å². The second-order valence-corrected chi connectivity index (χ2v) is 7.28. The molecule has 0 saturated heterocycles. The lowest BCUT2D eigenvalue weighted by molar-refractivity contribution is 0.449. The lowest BCUT2D eigenvalue weighted by atomic mass is 10.2. The number of rotatable bonds is 13. The average Bonchev–Trinajstić information content (AvgIpc) is 2.77. The van der Waals surface area contributed by atoms with Gasteiger partial charge < -0.3 is 0 Å². The second-order valence-electron chi connectivity index (χ2n) is 7.28. The van der Waals surface area contributed by atoms with E-state index in [2.05, 4.69) is 24.7 Å². The largest absolute Gasteiger partial charge is 0.336 e. The Balaban J connectivity index is 2.07. The van der Waals surface area contributed by atoms with E-state index in [9.17, 15) is 28.8 Å². The number of nitrogens with zero attached hydrogens (tertiary/aromatic N) is 5. The van der Waals surface area contributed by atoms with Crippen LogP contribution in [-0.2, 0) is 32.7 Å². The summed E-state index contributed by atoms with van der Waals surface area (Å²) in [5.41, 5.74) is -4.38. The van der Waals surface area contributed by atoms with Crippen LogP contribution in [0.25, 0.3) is 0 Å². The smallest absolute Gasteiger partial charge is 0.259 e. The lowest BCUT2D eigenvalue weighted by Gasteiger charge is -2.12. The van der Waals surface area contributed by atoms with Crippen LogP contribution in [0.3, 0.4) is 0 Å². The van der Waals surface area contributed by atoms with Gasteiger partial charge in [0.15, 0.2) is 0 Å². The van der Waals surface area contributed by atoms with Gasteiger partial charge >= 0.3 is 34.1 Å². The Bertz CT molecular complexity index is 1330. The highest BCUT2D eigenvalue weighted by atomic mass is 16.2. The summed E-state index contributed by atoms with van der Waals surface area (Å²) in [5, 5.41) is 0. The summed E-state index contributed by atoms with van der Waals surface area (Å²) in [5.74, 6) is 0. The fourth-order valence-electron chi connectivity index (χ4n) is 3.37. The van der Waals surface area contributed by atoms with Crippen LogP contribution >= 0.6 is 0 Å². The quantitative estimate of drug-likeness (QED) is 0.300. The molecule has 0 aliphatic carbocycles. The van der Waals surface area contributed by atoms with Gasteiger partial charge in [-0.2, -0.15) is 0 Å². The number of aromatic amines is 1. The van der Waals surface area contributed by atoms with Gasteiger partial charge in [-0.15, -0.1) is 19.7 Å². The molecule has 0 fully saturated rings. The molecule has 0 aliphatic rings. The third-order valence-electron chi connectivity index (χ3n) is 5.00. The van der Waals surface area contributed by atoms with Crippen molar-refractivity contribution in [2.75, 3.05) is 0 Å². The van der Waals surface area contributed by atoms with Crippen molar-refractivity contribution < 1.29 is 0 Å². The molecular weight excluding hydrogens is 432 g/mol. The second kappa shape index (κ2) is 11.6. The van der Waals surface area contributed by atoms with Crippen LogP contribution in [-0.4, -0.2) is 27.8 Å². The van der Waals surface area contributed by atoms with E-state index in [1.54, 1.807) is 0 Å². The first-order valence-corrected chi connectivity index (χ1v) is 10.5. The monoisotopic (exact) mass is 460 g/mol. The summed E-state index contributed by atoms with van der Waals surface area (Å²) in [6.45, 7) is 10.7. The number of hydrogen-bond donors (Lipinski definition) is 1. The first-order valence-electron chi connectivity index (χ1n) is 10.5. The topological polar surface area (TPSA) is 143 Å². The van der Waals surface area contributed by atoms with E-state index >= 15 is 0 Å². The van der Waals surface area contributed by atoms with Crippen molar-refractivity contribution in [3.8, 4) is 0 Å². The highest BCUT2D eigenvalue weighted by Crippen LogP contribution is 2.01. The fourth-order valence-corrected chi connectivity index (χ4v) is 3.37. The molecule has 33 heavy (non-hydrogen) atoms. The molecule has 0 saturated carbocycles. The number of aromatic nitrogens is 6. The maximum Gasteiger partial charge on any atom is 0.336 e. The van der Waals surface area contributed by atoms with Crippen LogP contribution in [0.15, 0.2) is 66.7 Å². The zero-order valence-electron chi connectivity index (χ0n) is 18.4. The number of nitrogens with one attached hydrogen (secondary N) is 1. The molecule has 2 heterocycles. The van der Waals surface area contributed by atoms with Crippen LogP contribution in [0, 0.1) is 0 Å². The van der Waals surface area contributed by atoms with Crippen LogP contribution < -0.4 is 34.1 Å². The fraction of sp³-hybridized carbons (Fsp3) is 0.429. The molecule has 0 radical (unpaired) electrons. The van der Waals surface area contributed by atoms with Gasteiger partial charge in [-0.3, -0.25) is 4.98 Å². The normalized spacial score (nSPS) is 10.8. The van der Waals surface area contributed by atoms with Gasteiger partial charge in [0.05, 0.1) is 19.6 Å². The highest BCUT2D eigenvalue weighted by Gasteiger charge is 2.14. The summed E-state index contributed by atoms with van der Waals surface area (Å²) in [6.07, 6.45) is 6.34. The molecule has 0 aliphatic heterocycles. The first-order chi connectivity index (χ1) is 15.8. The Kier molecular flexibility index (Phi) is 8.89. The SMILES string of the molecule is C=CCn1c(=O)[nH]c(=O)n(CCCCCCn2c(=O)n(CC=C)c(=O)n(CC=C)c2=O)c1=O. The maximum atomic E-state index is 12.6. The van der Waals surface area contributed by atoms with Gasteiger partial charge in [-0.05, 0) is 12.8 Å². The van der Waals surface area contributed by atoms with E-state index in [1.165, 1.54) is 18.2 Å². The molecule has 178 valence electrons. The molecule has 2 rings (SSSR count). The molecule has 2 aromatic heterocycles. The van der Waals surface area contributed by atoms with Crippen molar-refractivity contribution in [1.82, 2.24) is 27.8 Å². The predicted octanol–water partition coefficient (Wildman–Crippen LogP) is -0.998. The highest BCUT2D eigenvalue weighted by molar-refractivity contribution is 4.85. The van der Waals surface area contributed by atoms with E-state index in [0.717, 1.165) is 22.8 Å². The van der Waals surface area contributed by atoms with Crippen molar-refractivity contribution in [2.45, 2.75) is 58.4 Å². The summed E-state index contributed by atoms with van der Waals surface area (Å²) in [4.78, 5) is 75.6. The third kappa shape index (κ3) is 5.64. The molecule has 0 amide bonds. The zero-order chi connectivity index (χ0) is 24.5. The van der Waals surface area contributed by atoms with Crippen LogP contribution in [0.2, 0.25) is 0 Å².